The standard InChI is InChI=1S/C27H46O/c1-2-3-4-5-6-7-8-9-10-11-12-13-14-15-16-17-18-19-20-22-26-23-21-24-27(28)25-26/h7-8,21,23-25,28H,2-6,9-20,22H2,1H3/b8-7-. The van der Waals surface area contributed by atoms with Gasteiger partial charge in [-0.2, -0.15) is 0 Å². The van der Waals surface area contributed by atoms with E-state index in [9.17, 15) is 5.11 Å². The fourth-order valence-electron chi connectivity index (χ4n) is 3.82. The van der Waals surface area contributed by atoms with Crippen molar-refractivity contribution in [3.8, 4) is 5.75 Å². The quantitative estimate of drug-likeness (QED) is 0.185. The number of benzene rings is 1. The van der Waals surface area contributed by atoms with Gasteiger partial charge in [-0.05, 0) is 56.2 Å². The highest BCUT2D eigenvalue weighted by atomic mass is 16.3. The maximum Gasteiger partial charge on any atom is 0.115 e. The van der Waals surface area contributed by atoms with Crippen LogP contribution in [-0.2, 0) is 6.42 Å². The molecule has 0 aliphatic rings. The van der Waals surface area contributed by atoms with Crippen molar-refractivity contribution in [2.75, 3.05) is 0 Å². The van der Waals surface area contributed by atoms with Gasteiger partial charge in [-0.15, -0.1) is 0 Å². The van der Waals surface area contributed by atoms with Crippen LogP contribution in [0.1, 0.15) is 122 Å². The van der Waals surface area contributed by atoms with E-state index in [1.54, 1.807) is 6.07 Å². The van der Waals surface area contributed by atoms with Gasteiger partial charge in [0.1, 0.15) is 5.75 Å². The number of phenolic OH excluding ortho intramolecular Hbond substituents is 1. The third-order valence-corrected chi connectivity index (χ3v) is 5.64. The molecule has 0 aliphatic carbocycles. The molecular weight excluding hydrogens is 340 g/mol. The van der Waals surface area contributed by atoms with Crippen molar-refractivity contribution in [3.05, 3.63) is 42.0 Å². The summed E-state index contributed by atoms with van der Waals surface area (Å²) in [5.41, 5.74) is 1.27. The lowest BCUT2D eigenvalue weighted by atomic mass is 10.0. The molecule has 0 aromatic heterocycles. The van der Waals surface area contributed by atoms with Gasteiger partial charge in [0.05, 0.1) is 0 Å². The van der Waals surface area contributed by atoms with Crippen molar-refractivity contribution in [2.45, 2.75) is 122 Å². The molecule has 160 valence electrons. The molecular formula is C27H46O. The molecule has 0 saturated carbocycles. The van der Waals surface area contributed by atoms with Gasteiger partial charge >= 0.3 is 0 Å². The predicted molar refractivity (Wildman–Crippen MR) is 125 cm³/mol. The maximum atomic E-state index is 9.47. The Balaban J connectivity index is 1.74. The van der Waals surface area contributed by atoms with Crippen molar-refractivity contribution in [1.29, 1.82) is 0 Å². The van der Waals surface area contributed by atoms with Crippen LogP contribution in [0, 0.1) is 0 Å². The highest BCUT2D eigenvalue weighted by Gasteiger charge is 1.96. The first-order valence-electron chi connectivity index (χ1n) is 12.3. The average molecular weight is 387 g/mol. The second kappa shape index (κ2) is 19.1. The molecule has 0 spiro atoms. The Kier molecular flexibility index (Phi) is 16.9. The first kappa shape index (κ1) is 24.8. The predicted octanol–water partition coefficient (Wildman–Crippen LogP) is 9.14. The largest absolute Gasteiger partial charge is 0.508 e. The number of hydrogen-bond acceptors (Lipinski definition) is 1. The third kappa shape index (κ3) is 15.8. The number of aryl methyl sites for hydroxylation is 1. The molecule has 1 nitrogen and oxygen atoms in total. The van der Waals surface area contributed by atoms with Crippen molar-refractivity contribution in [3.63, 3.8) is 0 Å². The average Bonchev–Trinajstić information content (AvgIpc) is 2.70. The normalized spacial score (nSPS) is 11.5. The number of allylic oxidation sites excluding steroid dienone is 2. The summed E-state index contributed by atoms with van der Waals surface area (Å²) in [5.74, 6) is 0.395. The minimum atomic E-state index is 0.395. The Bertz CT molecular complexity index is 477. The van der Waals surface area contributed by atoms with Crippen molar-refractivity contribution >= 4 is 0 Å². The van der Waals surface area contributed by atoms with Gasteiger partial charge in [0.2, 0.25) is 0 Å². The van der Waals surface area contributed by atoms with Crippen LogP contribution in [0.2, 0.25) is 0 Å². The van der Waals surface area contributed by atoms with Crippen LogP contribution < -0.4 is 0 Å². The van der Waals surface area contributed by atoms with Crippen LogP contribution >= 0.6 is 0 Å². The van der Waals surface area contributed by atoms with Gasteiger partial charge in [0.25, 0.3) is 0 Å². The molecule has 0 aliphatic heterocycles. The molecule has 0 atom stereocenters. The van der Waals surface area contributed by atoms with E-state index in [-0.39, 0.29) is 0 Å². The SMILES string of the molecule is CCCCCC/C=C\CCCCCCCCCCCCCc1cccc(O)c1. The first-order chi connectivity index (χ1) is 13.8. The molecule has 1 rings (SSSR count). The highest BCUT2D eigenvalue weighted by Crippen LogP contribution is 2.16. The maximum absolute atomic E-state index is 9.47. The summed E-state index contributed by atoms with van der Waals surface area (Å²) in [6.07, 6.45) is 29.2. The summed E-state index contributed by atoms with van der Waals surface area (Å²) >= 11 is 0. The van der Waals surface area contributed by atoms with E-state index >= 15 is 0 Å². The fraction of sp³-hybridized carbons (Fsp3) is 0.704. The molecule has 1 N–H and O–H groups in total. The van der Waals surface area contributed by atoms with Gasteiger partial charge in [0.15, 0.2) is 0 Å². The Labute approximate surface area is 175 Å². The van der Waals surface area contributed by atoms with E-state index in [1.165, 1.54) is 115 Å². The summed E-state index contributed by atoms with van der Waals surface area (Å²) < 4.78 is 0. The van der Waals surface area contributed by atoms with Crippen LogP contribution in [-0.4, -0.2) is 5.11 Å². The van der Waals surface area contributed by atoms with Crippen molar-refractivity contribution in [1.82, 2.24) is 0 Å². The molecule has 0 unspecified atom stereocenters. The zero-order valence-electron chi connectivity index (χ0n) is 18.6. The summed E-state index contributed by atoms with van der Waals surface area (Å²) in [4.78, 5) is 0. The van der Waals surface area contributed by atoms with Gasteiger partial charge in [-0.3, -0.25) is 0 Å². The summed E-state index contributed by atoms with van der Waals surface area (Å²) in [7, 11) is 0. The van der Waals surface area contributed by atoms with Gasteiger partial charge in [-0.1, -0.05) is 108 Å². The molecule has 0 saturated heterocycles. The van der Waals surface area contributed by atoms with E-state index in [0.29, 0.717) is 5.75 Å². The van der Waals surface area contributed by atoms with Crippen LogP contribution in [0.5, 0.6) is 5.75 Å². The lowest BCUT2D eigenvalue weighted by Gasteiger charge is -2.04. The first-order valence-corrected chi connectivity index (χ1v) is 12.3. The van der Waals surface area contributed by atoms with Crippen LogP contribution in [0.15, 0.2) is 36.4 Å². The molecule has 28 heavy (non-hydrogen) atoms. The molecule has 0 radical (unpaired) electrons. The smallest absolute Gasteiger partial charge is 0.115 e. The second-order valence-electron chi connectivity index (χ2n) is 8.42. The lowest BCUT2D eigenvalue weighted by Crippen LogP contribution is -1.86. The third-order valence-electron chi connectivity index (χ3n) is 5.64. The lowest BCUT2D eigenvalue weighted by molar-refractivity contribution is 0.474. The van der Waals surface area contributed by atoms with E-state index < -0.39 is 0 Å². The summed E-state index contributed by atoms with van der Waals surface area (Å²) in [6.45, 7) is 2.28. The molecule has 0 bridgehead atoms. The van der Waals surface area contributed by atoms with Crippen molar-refractivity contribution < 1.29 is 5.11 Å². The van der Waals surface area contributed by atoms with E-state index in [4.69, 9.17) is 0 Å². The van der Waals surface area contributed by atoms with Gasteiger partial charge < -0.3 is 5.11 Å². The van der Waals surface area contributed by atoms with Crippen molar-refractivity contribution in [2.24, 2.45) is 0 Å². The zero-order chi connectivity index (χ0) is 20.1. The van der Waals surface area contributed by atoms with Crippen LogP contribution in [0.4, 0.5) is 0 Å². The molecule has 1 aromatic rings. The molecule has 1 aromatic carbocycles. The minimum absolute atomic E-state index is 0.395. The Morgan fingerprint density at radius 1 is 0.643 bits per heavy atom. The van der Waals surface area contributed by atoms with Gasteiger partial charge in [-0.25, -0.2) is 0 Å². The summed E-state index contributed by atoms with van der Waals surface area (Å²) in [5, 5.41) is 9.47. The Hall–Kier alpha value is -1.24. The minimum Gasteiger partial charge on any atom is -0.508 e. The molecule has 0 heterocycles. The van der Waals surface area contributed by atoms with E-state index in [2.05, 4.69) is 25.1 Å². The van der Waals surface area contributed by atoms with Gasteiger partial charge in [0, 0.05) is 0 Å². The van der Waals surface area contributed by atoms with E-state index in [1.807, 2.05) is 12.1 Å². The van der Waals surface area contributed by atoms with E-state index in [0.717, 1.165) is 6.42 Å². The Morgan fingerprint density at radius 2 is 1.14 bits per heavy atom. The number of unbranched alkanes of at least 4 members (excludes halogenated alkanes) is 15. The molecule has 0 fully saturated rings. The summed E-state index contributed by atoms with van der Waals surface area (Å²) in [6, 6.07) is 7.70. The number of rotatable bonds is 19. The monoisotopic (exact) mass is 386 g/mol. The zero-order valence-corrected chi connectivity index (χ0v) is 18.6. The second-order valence-corrected chi connectivity index (χ2v) is 8.42. The number of phenols is 1. The molecule has 0 amide bonds. The number of aromatic hydroxyl groups is 1. The number of hydrogen-bond donors (Lipinski definition) is 1. The Morgan fingerprint density at radius 3 is 1.68 bits per heavy atom. The van der Waals surface area contributed by atoms with Crippen LogP contribution in [0.25, 0.3) is 0 Å². The highest BCUT2D eigenvalue weighted by molar-refractivity contribution is 5.27. The molecule has 1 heteroatoms. The van der Waals surface area contributed by atoms with Crippen LogP contribution in [0.3, 0.4) is 0 Å². The topological polar surface area (TPSA) is 20.2 Å². The fourth-order valence-corrected chi connectivity index (χ4v) is 3.82.